The molecule has 0 amide bonds. The van der Waals surface area contributed by atoms with Gasteiger partial charge in [0, 0.05) is 11.1 Å². The molecule has 78 valence electrons. The van der Waals surface area contributed by atoms with Crippen LogP contribution in [0.4, 0.5) is 9.57 Å². The number of hydrogen-bond acceptors (Lipinski definition) is 3. The first-order valence-electron chi connectivity index (χ1n) is 4.21. The van der Waals surface area contributed by atoms with Crippen molar-refractivity contribution in [1.82, 2.24) is 0 Å². The topological polar surface area (TPSA) is 60.2 Å². The van der Waals surface area contributed by atoms with Gasteiger partial charge in [0.1, 0.15) is 0 Å². The zero-order valence-corrected chi connectivity index (χ0v) is 8.46. The fraction of sp³-hybridized carbons (Fsp3) is 0. The molecule has 0 aliphatic carbocycles. The van der Waals surface area contributed by atoms with Gasteiger partial charge in [-0.3, -0.25) is 0 Å². The van der Waals surface area contributed by atoms with Crippen LogP contribution in [-0.2, 0) is 10.2 Å². The van der Waals surface area contributed by atoms with E-state index in [9.17, 15) is 12.3 Å². The molecule has 0 radical (unpaired) electrons. The Bertz CT molecular complexity index is 622. The van der Waals surface area contributed by atoms with Gasteiger partial charge in [0.2, 0.25) is 0 Å². The van der Waals surface area contributed by atoms with E-state index in [1.165, 1.54) is 18.2 Å². The molecular weight excluding hydrogens is 217 g/mol. The Kier molecular flexibility index (Phi) is 2.12. The molecule has 15 heavy (non-hydrogen) atoms. The number of hydrogen-bond donors (Lipinski definition) is 1. The molecule has 5 heteroatoms. The van der Waals surface area contributed by atoms with Crippen LogP contribution in [0.2, 0.25) is 0 Å². The molecule has 0 atom stereocenters. The zero-order chi connectivity index (χ0) is 11.1. The normalized spacial score (nSPS) is 11.8. The Morgan fingerprint density at radius 3 is 2.53 bits per heavy atom. The van der Waals surface area contributed by atoms with Gasteiger partial charge in [0.05, 0.1) is 4.90 Å². The van der Waals surface area contributed by atoms with Gasteiger partial charge < -0.3 is 5.73 Å². The summed E-state index contributed by atoms with van der Waals surface area (Å²) in [6.07, 6.45) is 0. The fourth-order valence-electron chi connectivity index (χ4n) is 1.43. The zero-order valence-electron chi connectivity index (χ0n) is 7.64. The summed E-state index contributed by atoms with van der Waals surface area (Å²) in [4.78, 5) is -0.368. The summed E-state index contributed by atoms with van der Waals surface area (Å²) in [6.45, 7) is 0. The molecule has 0 bridgehead atoms. The number of fused-ring (bicyclic) bond motifs is 1. The number of halogens is 1. The molecular formula is C10H8FNO2S. The Labute approximate surface area is 86.5 Å². The van der Waals surface area contributed by atoms with Crippen molar-refractivity contribution in [3.8, 4) is 0 Å². The smallest absolute Gasteiger partial charge is 0.332 e. The maximum atomic E-state index is 12.7. The first-order chi connectivity index (χ1) is 6.98. The highest BCUT2D eigenvalue weighted by Gasteiger charge is 2.12. The fourth-order valence-corrected chi connectivity index (χ4v) is 1.92. The Hall–Kier alpha value is -1.62. The van der Waals surface area contributed by atoms with E-state index in [0.29, 0.717) is 11.1 Å². The molecule has 0 unspecified atom stereocenters. The highest BCUT2D eigenvalue weighted by Crippen LogP contribution is 2.24. The van der Waals surface area contributed by atoms with E-state index in [-0.39, 0.29) is 4.90 Å². The van der Waals surface area contributed by atoms with Crippen LogP contribution in [0.5, 0.6) is 0 Å². The standard InChI is InChI=1S/C10H8FNO2S/c11-15(13,14)8-5-4-7-2-1-3-10(12)9(7)6-8/h1-6H,12H2. The van der Waals surface area contributed by atoms with Gasteiger partial charge in [0.25, 0.3) is 0 Å². The number of benzene rings is 2. The van der Waals surface area contributed by atoms with E-state index in [4.69, 9.17) is 5.73 Å². The van der Waals surface area contributed by atoms with Crippen LogP contribution in [0, 0.1) is 0 Å². The van der Waals surface area contributed by atoms with Gasteiger partial charge >= 0.3 is 10.2 Å². The summed E-state index contributed by atoms with van der Waals surface area (Å²) in [5.41, 5.74) is 6.08. The average molecular weight is 225 g/mol. The van der Waals surface area contributed by atoms with Gasteiger partial charge in [-0.1, -0.05) is 18.2 Å². The Morgan fingerprint density at radius 1 is 1.13 bits per heavy atom. The van der Waals surface area contributed by atoms with E-state index in [0.717, 1.165) is 5.39 Å². The summed E-state index contributed by atoms with van der Waals surface area (Å²) in [6, 6.07) is 9.15. The minimum Gasteiger partial charge on any atom is -0.398 e. The summed E-state index contributed by atoms with van der Waals surface area (Å²) in [5.74, 6) is 0. The quantitative estimate of drug-likeness (QED) is 0.597. The lowest BCUT2D eigenvalue weighted by molar-refractivity contribution is 0.552. The molecule has 0 spiro atoms. The highest BCUT2D eigenvalue weighted by atomic mass is 32.3. The van der Waals surface area contributed by atoms with E-state index >= 15 is 0 Å². The predicted octanol–water partition coefficient (Wildman–Crippen LogP) is 2.08. The van der Waals surface area contributed by atoms with Crippen molar-refractivity contribution in [3.63, 3.8) is 0 Å². The Morgan fingerprint density at radius 2 is 1.87 bits per heavy atom. The van der Waals surface area contributed by atoms with Crippen LogP contribution in [0.25, 0.3) is 10.8 Å². The highest BCUT2D eigenvalue weighted by molar-refractivity contribution is 7.86. The van der Waals surface area contributed by atoms with Crippen LogP contribution < -0.4 is 5.73 Å². The van der Waals surface area contributed by atoms with Crippen LogP contribution >= 0.6 is 0 Å². The third-order valence-electron chi connectivity index (χ3n) is 2.17. The molecule has 2 aromatic carbocycles. The van der Waals surface area contributed by atoms with Crippen LogP contribution in [-0.4, -0.2) is 8.42 Å². The van der Waals surface area contributed by atoms with Crippen molar-refractivity contribution >= 4 is 26.7 Å². The molecule has 2 rings (SSSR count). The number of nitrogens with two attached hydrogens (primary N) is 1. The second-order valence-corrected chi connectivity index (χ2v) is 4.52. The van der Waals surface area contributed by atoms with E-state index in [1.807, 2.05) is 0 Å². The molecule has 0 saturated heterocycles. The maximum absolute atomic E-state index is 12.7. The van der Waals surface area contributed by atoms with Crippen LogP contribution in [0.1, 0.15) is 0 Å². The molecule has 0 aliphatic rings. The third-order valence-corrected chi connectivity index (χ3v) is 2.99. The number of anilines is 1. The van der Waals surface area contributed by atoms with Gasteiger partial charge in [0.15, 0.2) is 0 Å². The van der Waals surface area contributed by atoms with Crippen molar-refractivity contribution in [2.45, 2.75) is 4.90 Å². The molecule has 0 aromatic heterocycles. The predicted molar refractivity (Wildman–Crippen MR) is 56.7 cm³/mol. The molecule has 0 saturated carbocycles. The molecule has 3 nitrogen and oxygen atoms in total. The third kappa shape index (κ3) is 1.78. The van der Waals surface area contributed by atoms with E-state index in [2.05, 4.69) is 0 Å². The van der Waals surface area contributed by atoms with Gasteiger partial charge in [-0.05, 0) is 23.6 Å². The van der Waals surface area contributed by atoms with Crippen molar-refractivity contribution in [1.29, 1.82) is 0 Å². The summed E-state index contributed by atoms with van der Waals surface area (Å²) >= 11 is 0. The van der Waals surface area contributed by atoms with Crippen molar-refractivity contribution in [2.24, 2.45) is 0 Å². The first kappa shape index (κ1) is 9.92. The van der Waals surface area contributed by atoms with E-state index < -0.39 is 10.2 Å². The van der Waals surface area contributed by atoms with Crippen LogP contribution in [0.3, 0.4) is 0 Å². The van der Waals surface area contributed by atoms with Gasteiger partial charge in [-0.25, -0.2) is 0 Å². The Balaban J connectivity index is 2.81. The van der Waals surface area contributed by atoms with Gasteiger partial charge in [-0.2, -0.15) is 8.42 Å². The molecule has 0 aliphatic heterocycles. The van der Waals surface area contributed by atoms with Gasteiger partial charge in [-0.15, -0.1) is 3.89 Å². The molecule has 2 aromatic rings. The van der Waals surface area contributed by atoms with Crippen molar-refractivity contribution < 1.29 is 12.3 Å². The van der Waals surface area contributed by atoms with Crippen LogP contribution in [0.15, 0.2) is 41.3 Å². The molecule has 2 N–H and O–H groups in total. The summed E-state index contributed by atoms with van der Waals surface area (Å²) in [7, 11) is -4.67. The maximum Gasteiger partial charge on any atom is 0.332 e. The van der Waals surface area contributed by atoms with Crippen molar-refractivity contribution in [3.05, 3.63) is 36.4 Å². The summed E-state index contributed by atoms with van der Waals surface area (Å²) in [5, 5.41) is 1.32. The van der Waals surface area contributed by atoms with E-state index in [1.54, 1.807) is 18.2 Å². The summed E-state index contributed by atoms with van der Waals surface area (Å²) < 4.78 is 34.1. The molecule has 0 heterocycles. The number of rotatable bonds is 1. The monoisotopic (exact) mass is 225 g/mol. The SMILES string of the molecule is Nc1cccc2ccc(S(=O)(=O)F)cc12. The largest absolute Gasteiger partial charge is 0.398 e. The second kappa shape index (κ2) is 3.20. The minimum atomic E-state index is -4.67. The minimum absolute atomic E-state index is 0.368. The van der Waals surface area contributed by atoms with Crippen molar-refractivity contribution in [2.75, 3.05) is 5.73 Å². The average Bonchev–Trinajstić information content (AvgIpc) is 2.16. The lowest BCUT2D eigenvalue weighted by Crippen LogP contribution is -1.93. The number of nitrogen functional groups attached to an aromatic ring is 1. The first-order valence-corrected chi connectivity index (χ1v) is 5.60. The lowest BCUT2D eigenvalue weighted by Gasteiger charge is -2.02. The lowest BCUT2D eigenvalue weighted by atomic mass is 10.1. The molecule has 0 fully saturated rings. The second-order valence-electron chi connectivity index (χ2n) is 3.17.